The fourth-order valence-electron chi connectivity index (χ4n) is 1.93. The lowest BCUT2D eigenvalue weighted by atomic mass is 9.95. The molecule has 0 amide bonds. The van der Waals surface area contributed by atoms with E-state index in [1.807, 2.05) is 13.1 Å². The van der Waals surface area contributed by atoms with Crippen molar-refractivity contribution in [3.63, 3.8) is 0 Å². The molecule has 0 bridgehead atoms. The minimum atomic E-state index is -0.613. The Balaban J connectivity index is 2.91. The SMILES string of the molecule is CNCCc1ccc(Cl)c(C(C)(C)O[SiH2]C(C)(C)C)c1. The van der Waals surface area contributed by atoms with Gasteiger partial charge >= 0.3 is 0 Å². The van der Waals surface area contributed by atoms with E-state index in [1.54, 1.807) is 0 Å². The molecule has 0 aromatic heterocycles. The molecule has 20 heavy (non-hydrogen) atoms. The fourth-order valence-corrected chi connectivity index (χ4v) is 3.23. The van der Waals surface area contributed by atoms with Crippen molar-refractivity contribution in [1.82, 2.24) is 5.32 Å². The first kappa shape index (κ1) is 17.7. The molecule has 0 aliphatic heterocycles. The van der Waals surface area contributed by atoms with E-state index in [0.717, 1.165) is 23.6 Å². The number of hydrogen-bond donors (Lipinski definition) is 1. The molecule has 0 saturated carbocycles. The van der Waals surface area contributed by atoms with Gasteiger partial charge in [-0.3, -0.25) is 0 Å². The maximum atomic E-state index is 6.38. The molecule has 1 aromatic rings. The van der Waals surface area contributed by atoms with Gasteiger partial charge in [0.15, 0.2) is 9.76 Å². The maximum Gasteiger partial charge on any atom is 0.168 e. The molecule has 4 heteroatoms. The standard InChI is InChI=1S/C16H28ClNOSi/c1-15(2,3)20-19-16(4,5)13-11-12(9-10-18-6)7-8-14(13)17/h7-8,11,18H,9-10,20H2,1-6H3. The van der Waals surface area contributed by atoms with E-state index in [0.29, 0.717) is 0 Å². The van der Waals surface area contributed by atoms with Gasteiger partial charge in [0.2, 0.25) is 0 Å². The summed E-state index contributed by atoms with van der Waals surface area (Å²) in [5.41, 5.74) is 2.09. The Hall–Kier alpha value is -0.353. The molecule has 0 spiro atoms. The normalized spacial score (nSPS) is 13.3. The molecule has 0 saturated heterocycles. The van der Waals surface area contributed by atoms with Crippen molar-refractivity contribution < 1.29 is 4.43 Å². The van der Waals surface area contributed by atoms with Gasteiger partial charge in [0, 0.05) is 10.6 Å². The van der Waals surface area contributed by atoms with Crippen LogP contribution in [0.25, 0.3) is 0 Å². The smallest absolute Gasteiger partial charge is 0.168 e. The van der Waals surface area contributed by atoms with Crippen molar-refractivity contribution in [2.45, 2.75) is 51.7 Å². The topological polar surface area (TPSA) is 21.3 Å². The number of likely N-dealkylation sites (N-methyl/N-ethyl adjacent to an activating group) is 1. The first-order chi connectivity index (χ1) is 9.15. The molecule has 1 N–H and O–H groups in total. The monoisotopic (exact) mass is 313 g/mol. The molecule has 0 heterocycles. The molecule has 0 fully saturated rings. The van der Waals surface area contributed by atoms with Gasteiger partial charge in [0.05, 0.1) is 5.60 Å². The van der Waals surface area contributed by atoms with Gasteiger partial charge in [-0.1, -0.05) is 44.5 Å². The van der Waals surface area contributed by atoms with Crippen molar-refractivity contribution in [1.29, 1.82) is 0 Å². The number of halogens is 1. The minimum Gasteiger partial charge on any atom is -0.414 e. The van der Waals surface area contributed by atoms with Crippen LogP contribution in [0.4, 0.5) is 0 Å². The summed E-state index contributed by atoms with van der Waals surface area (Å²) in [4.78, 5) is 0. The highest BCUT2D eigenvalue weighted by atomic mass is 35.5. The molecular formula is C16H28ClNOSi. The minimum absolute atomic E-state index is 0.285. The number of rotatable bonds is 6. The summed E-state index contributed by atoms with van der Waals surface area (Å²) in [7, 11) is 1.36. The highest BCUT2D eigenvalue weighted by Gasteiger charge is 2.26. The summed E-state index contributed by atoms with van der Waals surface area (Å²) in [5, 5.41) is 4.26. The van der Waals surface area contributed by atoms with Gasteiger partial charge in [-0.25, -0.2) is 0 Å². The van der Waals surface area contributed by atoms with Gasteiger partial charge < -0.3 is 9.74 Å². The summed E-state index contributed by atoms with van der Waals surface area (Å²) < 4.78 is 6.26. The van der Waals surface area contributed by atoms with E-state index in [9.17, 15) is 0 Å². The zero-order valence-corrected chi connectivity index (χ0v) is 15.8. The molecule has 0 unspecified atom stereocenters. The van der Waals surface area contributed by atoms with Crippen LogP contribution in [-0.4, -0.2) is 23.4 Å². The lowest BCUT2D eigenvalue weighted by Gasteiger charge is -2.31. The molecular weight excluding hydrogens is 286 g/mol. The Bertz CT molecular complexity index is 441. The zero-order valence-electron chi connectivity index (χ0n) is 13.6. The van der Waals surface area contributed by atoms with E-state index in [1.165, 1.54) is 5.56 Å². The number of hydrogen-bond acceptors (Lipinski definition) is 2. The van der Waals surface area contributed by atoms with Crippen LogP contribution in [-0.2, 0) is 16.4 Å². The highest BCUT2D eigenvalue weighted by molar-refractivity contribution is 6.32. The Kier molecular flexibility index (Phi) is 6.26. The first-order valence-corrected chi connectivity index (χ1v) is 8.89. The molecule has 1 rings (SSSR count). The van der Waals surface area contributed by atoms with Crippen LogP contribution in [0.15, 0.2) is 18.2 Å². The fraction of sp³-hybridized carbons (Fsp3) is 0.625. The van der Waals surface area contributed by atoms with E-state index >= 15 is 0 Å². The van der Waals surface area contributed by atoms with E-state index in [4.69, 9.17) is 16.0 Å². The molecule has 0 radical (unpaired) electrons. The van der Waals surface area contributed by atoms with E-state index in [2.05, 4.69) is 52.1 Å². The van der Waals surface area contributed by atoms with Crippen LogP contribution in [0.1, 0.15) is 45.7 Å². The van der Waals surface area contributed by atoms with E-state index < -0.39 is 9.76 Å². The maximum absolute atomic E-state index is 6.38. The van der Waals surface area contributed by atoms with Crippen molar-refractivity contribution >= 4 is 21.4 Å². The second kappa shape index (κ2) is 7.08. The predicted molar refractivity (Wildman–Crippen MR) is 91.5 cm³/mol. The summed E-state index contributed by atoms with van der Waals surface area (Å²) in [6, 6.07) is 6.28. The largest absolute Gasteiger partial charge is 0.414 e. The average molecular weight is 314 g/mol. The Morgan fingerprint density at radius 1 is 1.20 bits per heavy atom. The third-order valence-electron chi connectivity index (χ3n) is 3.21. The Morgan fingerprint density at radius 3 is 2.40 bits per heavy atom. The van der Waals surface area contributed by atoms with Crippen molar-refractivity contribution in [3.8, 4) is 0 Å². The molecule has 0 aliphatic rings. The van der Waals surface area contributed by atoms with Crippen LogP contribution < -0.4 is 5.32 Å². The van der Waals surface area contributed by atoms with Crippen LogP contribution in [0.5, 0.6) is 0 Å². The predicted octanol–water partition coefficient (Wildman–Crippen LogP) is 3.66. The van der Waals surface area contributed by atoms with Crippen LogP contribution in [0.2, 0.25) is 10.1 Å². The van der Waals surface area contributed by atoms with Gasteiger partial charge in [-0.2, -0.15) is 0 Å². The quantitative estimate of drug-likeness (QED) is 0.809. The van der Waals surface area contributed by atoms with Crippen LogP contribution in [0.3, 0.4) is 0 Å². The van der Waals surface area contributed by atoms with Crippen molar-refractivity contribution in [2.75, 3.05) is 13.6 Å². The van der Waals surface area contributed by atoms with Crippen LogP contribution >= 0.6 is 11.6 Å². The number of nitrogens with one attached hydrogen (secondary N) is 1. The second-order valence-corrected chi connectivity index (χ2v) is 10.1. The average Bonchev–Trinajstić information content (AvgIpc) is 2.34. The summed E-state index contributed by atoms with van der Waals surface area (Å²) in [5.74, 6) is 0. The van der Waals surface area contributed by atoms with E-state index in [-0.39, 0.29) is 10.6 Å². The summed E-state index contributed by atoms with van der Waals surface area (Å²) in [6.45, 7) is 11.9. The van der Waals surface area contributed by atoms with Crippen LogP contribution in [0, 0.1) is 0 Å². The Labute approximate surface area is 131 Å². The molecule has 114 valence electrons. The Morgan fingerprint density at radius 2 is 1.85 bits per heavy atom. The molecule has 0 atom stereocenters. The third kappa shape index (κ3) is 5.56. The van der Waals surface area contributed by atoms with Gasteiger partial charge in [0.25, 0.3) is 0 Å². The summed E-state index contributed by atoms with van der Waals surface area (Å²) in [6.07, 6.45) is 1.01. The molecule has 2 nitrogen and oxygen atoms in total. The van der Waals surface area contributed by atoms with Crippen molar-refractivity contribution in [2.24, 2.45) is 0 Å². The van der Waals surface area contributed by atoms with Gasteiger partial charge in [0.1, 0.15) is 0 Å². The number of benzene rings is 1. The summed E-state index contributed by atoms with van der Waals surface area (Å²) >= 11 is 6.38. The molecule has 0 aliphatic carbocycles. The highest BCUT2D eigenvalue weighted by Crippen LogP contribution is 2.34. The second-order valence-electron chi connectivity index (χ2n) is 7.03. The van der Waals surface area contributed by atoms with Gasteiger partial charge in [-0.05, 0) is 50.5 Å². The zero-order chi connectivity index (χ0) is 15.4. The van der Waals surface area contributed by atoms with Crippen molar-refractivity contribution in [3.05, 3.63) is 34.3 Å². The lowest BCUT2D eigenvalue weighted by molar-refractivity contribution is 0.109. The third-order valence-corrected chi connectivity index (χ3v) is 5.27. The van der Waals surface area contributed by atoms with Gasteiger partial charge in [-0.15, -0.1) is 0 Å². The molecule has 1 aromatic carbocycles. The lowest BCUT2D eigenvalue weighted by Crippen LogP contribution is -2.28. The first-order valence-electron chi connectivity index (χ1n) is 7.23.